The summed E-state index contributed by atoms with van der Waals surface area (Å²) in [5, 5.41) is 8.79. The molecule has 1 aromatic heterocycles. The van der Waals surface area contributed by atoms with Gasteiger partial charge in [-0.05, 0) is 12.1 Å². The molecule has 6 heteroatoms. The predicted octanol–water partition coefficient (Wildman–Crippen LogP) is 0.464. The van der Waals surface area contributed by atoms with Crippen molar-refractivity contribution < 1.29 is 9.90 Å². The van der Waals surface area contributed by atoms with Gasteiger partial charge in [0, 0.05) is 31.6 Å². The lowest BCUT2D eigenvalue weighted by molar-refractivity contribution is -0.00943. The zero-order chi connectivity index (χ0) is 12.0. The highest BCUT2D eigenvalue weighted by atomic mass is 16.4. The molecule has 0 atom stereocenters. The maximum Gasteiger partial charge on any atom is 0.407 e. The number of nitrogen functional groups attached to an aromatic ring is 1. The van der Waals surface area contributed by atoms with E-state index in [0.717, 1.165) is 18.8 Å². The van der Waals surface area contributed by atoms with Crippen LogP contribution in [0, 0.1) is 5.41 Å². The number of hydrogen-bond acceptors (Lipinski definition) is 4. The Morgan fingerprint density at radius 2 is 2.06 bits per heavy atom. The van der Waals surface area contributed by atoms with Crippen LogP contribution < -0.4 is 10.6 Å². The lowest BCUT2D eigenvalue weighted by atomic mass is 9.73. The maximum atomic E-state index is 10.7. The van der Waals surface area contributed by atoms with Crippen molar-refractivity contribution in [3.8, 4) is 0 Å². The first kappa shape index (κ1) is 10.2. The van der Waals surface area contributed by atoms with Crippen LogP contribution in [0.25, 0.3) is 0 Å². The molecule has 0 aliphatic carbocycles. The topological polar surface area (TPSA) is 82.7 Å². The van der Waals surface area contributed by atoms with E-state index >= 15 is 0 Å². The molecule has 0 radical (unpaired) electrons. The van der Waals surface area contributed by atoms with Gasteiger partial charge in [-0.15, -0.1) is 0 Å². The minimum atomic E-state index is -0.816. The summed E-state index contributed by atoms with van der Waals surface area (Å²) >= 11 is 0. The molecule has 3 rings (SSSR count). The normalized spacial score (nSPS) is 20.9. The third-order valence-corrected chi connectivity index (χ3v) is 3.51. The molecule has 6 nitrogen and oxygen atoms in total. The van der Waals surface area contributed by atoms with Crippen LogP contribution in [0.4, 0.5) is 16.3 Å². The van der Waals surface area contributed by atoms with Gasteiger partial charge < -0.3 is 20.6 Å². The van der Waals surface area contributed by atoms with E-state index in [1.165, 1.54) is 4.90 Å². The van der Waals surface area contributed by atoms with Crippen molar-refractivity contribution in [2.45, 2.75) is 0 Å². The number of rotatable bonds is 1. The first-order chi connectivity index (χ1) is 8.08. The van der Waals surface area contributed by atoms with Gasteiger partial charge in [-0.25, -0.2) is 9.78 Å². The summed E-state index contributed by atoms with van der Waals surface area (Å²) in [6, 6.07) is 3.73. The van der Waals surface area contributed by atoms with Gasteiger partial charge in [0.25, 0.3) is 0 Å². The summed E-state index contributed by atoms with van der Waals surface area (Å²) in [5.41, 5.74) is 6.76. The first-order valence-corrected chi connectivity index (χ1v) is 5.52. The van der Waals surface area contributed by atoms with Crippen molar-refractivity contribution in [2.75, 3.05) is 36.8 Å². The van der Waals surface area contributed by atoms with Crippen LogP contribution in [-0.2, 0) is 0 Å². The Morgan fingerprint density at radius 3 is 2.59 bits per heavy atom. The van der Waals surface area contributed by atoms with Gasteiger partial charge in [-0.2, -0.15) is 0 Å². The molecule has 0 bridgehead atoms. The number of nitrogens with two attached hydrogens (primary N) is 1. The Kier molecular flexibility index (Phi) is 1.95. The molecule has 0 unspecified atom stereocenters. The molecule has 17 heavy (non-hydrogen) atoms. The van der Waals surface area contributed by atoms with E-state index in [1.54, 1.807) is 12.3 Å². The van der Waals surface area contributed by atoms with Crippen LogP contribution in [0.1, 0.15) is 0 Å². The van der Waals surface area contributed by atoms with Gasteiger partial charge >= 0.3 is 6.09 Å². The monoisotopic (exact) mass is 234 g/mol. The molecular weight excluding hydrogens is 220 g/mol. The Bertz CT molecular complexity index is 445. The fourth-order valence-electron chi connectivity index (χ4n) is 2.63. The van der Waals surface area contributed by atoms with Crippen LogP contribution in [-0.4, -0.2) is 47.3 Å². The molecule has 2 aliphatic rings. The Morgan fingerprint density at radius 1 is 1.35 bits per heavy atom. The number of pyridine rings is 1. The Balaban J connectivity index is 1.59. The van der Waals surface area contributed by atoms with Gasteiger partial charge in [0.2, 0.25) is 0 Å². The van der Waals surface area contributed by atoms with E-state index in [1.807, 2.05) is 6.07 Å². The lowest BCUT2D eigenvalue weighted by Gasteiger charge is -2.60. The first-order valence-electron chi connectivity index (χ1n) is 5.52. The molecule has 1 spiro atoms. The minimum Gasteiger partial charge on any atom is -0.465 e. The second-order valence-electron chi connectivity index (χ2n) is 4.94. The lowest BCUT2D eigenvalue weighted by Crippen LogP contribution is -2.73. The number of likely N-dealkylation sites (tertiary alicyclic amines) is 1. The van der Waals surface area contributed by atoms with Crippen LogP contribution in [0.5, 0.6) is 0 Å². The highest BCUT2D eigenvalue weighted by Crippen LogP contribution is 2.41. The number of carboxylic acid groups (broad SMARTS) is 1. The molecular formula is C11H14N4O2. The smallest absolute Gasteiger partial charge is 0.407 e. The minimum absolute atomic E-state index is 0.180. The fourth-order valence-corrected chi connectivity index (χ4v) is 2.63. The average molecular weight is 234 g/mol. The number of nitrogens with zero attached hydrogens (tertiary/aromatic N) is 3. The molecule has 3 N–H and O–H groups in total. The molecule has 2 saturated heterocycles. The van der Waals surface area contributed by atoms with Gasteiger partial charge in [0.05, 0.1) is 11.9 Å². The molecule has 3 heterocycles. The van der Waals surface area contributed by atoms with E-state index in [0.29, 0.717) is 18.9 Å². The molecule has 1 aromatic rings. The van der Waals surface area contributed by atoms with Gasteiger partial charge in [0.1, 0.15) is 5.82 Å². The van der Waals surface area contributed by atoms with Gasteiger partial charge in [0.15, 0.2) is 0 Å². The third-order valence-electron chi connectivity index (χ3n) is 3.51. The summed E-state index contributed by atoms with van der Waals surface area (Å²) in [7, 11) is 0. The van der Waals surface area contributed by atoms with Crippen molar-refractivity contribution >= 4 is 17.6 Å². The fraction of sp³-hybridized carbons (Fsp3) is 0.455. The quantitative estimate of drug-likeness (QED) is 0.737. The molecule has 90 valence electrons. The van der Waals surface area contributed by atoms with Crippen LogP contribution in [0.3, 0.4) is 0 Å². The van der Waals surface area contributed by atoms with Crippen LogP contribution in [0.2, 0.25) is 0 Å². The van der Waals surface area contributed by atoms with E-state index in [-0.39, 0.29) is 5.41 Å². The second-order valence-corrected chi connectivity index (χ2v) is 4.94. The van der Waals surface area contributed by atoms with Crippen LogP contribution >= 0.6 is 0 Å². The van der Waals surface area contributed by atoms with E-state index in [9.17, 15) is 4.79 Å². The number of hydrogen-bond donors (Lipinski definition) is 2. The molecule has 0 saturated carbocycles. The highest BCUT2D eigenvalue weighted by Gasteiger charge is 2.53. The Labute approximate surface area is 98.6 Å². The zero-order valence-electron chi connectivity index (χ0n) is 9.33. The molecule has 1 amide bonds. The Hall–Kier alpha value is -1.98. The van der Waals surface area contributed by atoms with E-state index in [2.05, 4.69) is 9.88 Å². The summed E-state index contributed by atoms with van der Waals surface area (Å²) in [6.07, 6.45) is 0.943. The average Bonchev–Trinajstić information content (AvgIpc) is 2.15. The van der Waals surface area contributed by atoms with Crippen LogP contribution in [0.15, 0.2) is 18.3 Å². The van der Waals surface area contributed by atoms with Gasteiger partial charge in [-0.3, -0.25) is 0 Å². The largest absolute Gasteiger partial charge is 0.465 e. The van der Waals surface area contributed by atoms with E-state index in [4.69, 9.17) is 10.8 Å². The number of anilines is 2. The summed E-state index contributed by atoms with van der Waals surface area (Å²) in [6.45, 7) is 3.12. The molecule has 2 fully saturated rings. The molecule has 2 aliphatic heterocycles. The third kappa shape index (κ3) is 1.56. The zero-order valence-corrected chi connectivity index (χ0v) is 9.33. The predicted molar refractivity (Wildman–Crippen MR) is 62.9 cm³/mol. The summed E-state index contributed by atoms with van der Waals surface area (Å²) in [5.74, 6) is 0.518. The highest BCUT2D eigenvalue weighted by molar-refractivity contribution is 5.67. The van der Waals surface area contributed by atoms with E-state index < -0.39 is 6.09 Å². The summed E-state index contributed by atoms with van der Waals surface area (Å²) in [4.78, 5) is 18.4. The number of carbonyl (C=O) groups is 1. The van der Waals surface area contributed by atoms with Crippen molar-refractivity contribution in [2.24, 2.45) is 5.41 Å². The summed E-state index contributed by atoms with van der Waals surface area (Å²) < 4.78 is 0. The van der Waals surface area contributed by atoms with Crippen molar-refractivity contribution in [1.29, 1.82) is 0 Å². The number of aromatic nitrogens is 1. The number of amides is 1. The SMILES string of the molecule is Nc1ccc(N2CC3(CN(C(=O)O)C3)C2)cn1. The van der Waals surface area contributed by atoms with Gasteiger partial charge in [-0.1, -0.05) is 0 Å². The van der Waals surface area contributed by atoms with Crippen molar-refractivity contribution in [3.05, 3.63) is 18.3 Å². The standard InChI is InChI=1S/C11H14N4O2/c12-9-2-1-8(3-13-9)14-4-11(5-14)6-15(7-11)10(16)17/h1-3H,4-7H2,(H2,12,13)(H,16,17). The van der Waals surface area contributed by atoms with Crippen molar-refractivity contribution in [1.82, 2.24) is 9.88 Å². The van der Waals surface area contributed by atoms with Crippen molar-refractivity contribution in [3.63, 3.8) is 0 Å². The second kappa shape index (κ2) is 3.26. The molecule has 0 aromatic carbocycles. The maximum absolute atomic E-state index is 10.7.